The molecule has 5 heterocycles. The second-order valence-corrected chi connectivity index (χ2v) is 14.1. The van der Waals surface area contributed by atoms with E-state index in [1.54, 1.807) is 31.7 Å². The molecule has 15 nitrogen and oxygen atoms in total. The van der Waals surface area contributed by atoms with Crippen molar-refractivity contribution in [1.82, 2.24) is 30.1 Å². The van der Waals surface area contributed by atoms with Crippen LogP contribution in [-0.4, -0.2) is 104 Å². The van der Waals surface area contributed by atoms with Gasteiger partial charge in [-0.1, -0.05) is 6.07 Å². The largest absolute Gasteiger partial charge is 0.486 e. The standard InChI is InChI=1S/C35H46N8O7/c1-21-30(49-20-37-21)19-48-26-9-8-23-13-28(43(16-24(23)12-26)34(47)50-35(3,4)5)29(45)15-36-32(46)27-14-31(38-25-17-42(18-25)22(2)44)40-33(39-27)41-10-6-7-11-41/h8-9,12,14,20,25,28-29,45H,6-7,10-11,13,15-19H2,1-5H3,(H,36,46)(H,38,39,40)/t28-,29+/m0/s1. The van der Waals surface area contributed by atoms with Crippen LogP contribution in [0.1, 0.15) is 73.6 Å². The van der Waals surface area contributed by atoms with Crippen LogP contribution in [0.4, 0.5) is 16.6 Å². The molecule has 0 aliphatic carbocycles. The summed E-state index contributed by atoms with van der Waals surface area (Å²) in [5.74, 6) is 1.74. The molecule has 0 radical (unpaired) electrons. The fraction of sp³-hybridized carbons (Fsp3) is 0.543. The number of amides is 3. The zero-order valence-electron chi connectivity index (χ0n) is 29.3. The maximum Gasteiger partial charge on any atom is 0.410 e. The van der Waals surface area contributed by atoms with Gasteiger partial charge in [-0.25, -0.2) is 14.8 Å². The smallest absolute Gasteiger partial charge is 0.410 e. The Morgan fingerprint density at radius 2 is 1.86 bits per heavy atom. The fourth-order valence-corrected chi connectivity index (χ4v) is 6.30. The van der Waals surface area contributed by atoms with Crippen molar-refractivity contribution in [3.05, 3.63) is 58.9 Å². The molecule has 50 heavy (non-hydrogen) atoms. The molecule has 2 atom stereocenters. The van der Waals surface area contributed by atoms with Gasteiger partial charge in [0.25, 0.3) is 5.91 Å². The molecular weight excluding hydrogens is 644 g/mol. The number of rotatable bonds is 10. The van der Waals surface area contributed by atoms with Crippen LogP contribution in [-0.2, 0) is 29.1 Å². The number of benzene rings is 1. The lowest BCUT2D eigenvalue weighted by atomic mass is 9.91. The Labute approximate surface area is 291 Å². The Morgan fingerprint density at radius 3 is 2.54 bits per heavy atom. The van der Waals surface area contributed by atoms with Crippen LogP contribution < -0.4 is 20.3 Å². The van der Waals surface area contributed by atoms with E-state index < -0.39 is 29.7 Å². The molecule has 3 amide bonds. The number of oxazole rings is 1. The van der Waals surface area contributed by atoms with Gasteiger partial charge in [0.05, 0.1) is 23.9 Å². The van der Waals surface area contributed by atoms with E-state index in [2.05, 4.69) is 25.6 Å². The van der Waals surface area contributed by atoms with E-state index >= 15 is 0 Å². The summed E-state index contributed by atoms with van der Waals surface area (Å²) in [7, 11) is 0. The number of likely N-dealkylation sites (tertiary alicyclic amines) is 1. The van der Waals surface area contributed by atoms with E-state index in [-0.39, 0.29) is 37.3 Å². The van der Waals surface area contributed by atoms with Crippen molar-refractivity contribution < 1.29 is 33.4 Å². The van der Waals surface area contributed by atoms with Gasteiger partial charge in [0.15, 0.2) is 12.2 Å². The molecule has 3 N–H and O–H groups in total. The first kappa shape index (κ1) is 34.9. The number of aliphatic hydroxyl groups excluding tert-OH is 1. The average Bonchev–Trinajstić information content (AvgIpc) is 3.74. The van der Waals surface area contributed by atoms with Crippen molar-refractivity contribution in [3.8, 4) is 5.75 Å². The van der Waals surface area contributed by atoms with Gasteiger partial charge >= 0.3 is 6.09 Å². The molecule has 0 spiro atoms. The van der Waals surface area contributed by atoms with Crippen molar-refractivity contribution in [2.24, 2.45) is 0 Å². The number of ether oxygens (including phenoxy) is 2. The highest BCUT2D eigenvalue weighted by atomic mass is 16.6. The highest BCUT2D eigenvalue weighted by molar-refractivity contribution is 5.93. The normalized spacial score (nSPS) is 18.3. The minimum atomic E-state index is -1.12. The van der Waals surface area contributed by atoms with Gasteiger partial charge in [0.1, 0.15) is 29.5 Å². The Balaban J connectivity index is 1.15. The van der Waals surface area contributed by atoms with Gasteiger partial charge in [-0.3, -0.25) is 14.5 Å². The summed E-state index contributed by atoms with van der Waals surface area (Å²) in [6.45, 7) is 11.7. The first-order valence-corrected chi connectivity index (χ1v) is 17.1. The molecule has 3 aliphatic heterocycles. The lowest BCUT2D eigenvalue weighted by Crippen LogP contribution is -2.56. The van der Waals surface area contributed by atoms with E-state index in [4.69, 9.17) is 13.9 Å². The summed E-state index contributed by atoms with van der Waals surface area (Å²) in [6.07, 6.45) is 2.06. The maximum atomic E-state index is 13.5. The van der Waals surface area contributed by atoms with E-state index in [1.807, 2.05) is 30.0 Å². The molecule has 2 saturated heterocycles. The molecule has 2 fully saturated rings. The molecular formula is C35H46N8O7. The van der Waals surface area contributed by atoms with Crippen LogP contribution in [0.2, 0.25) is 0 Å². The molecule has 3 aliphatic rings. The van der Waals surface area contributed by atoms with Crippen LogP contribution in [0, 0.1) is 6.92 Å². The van der Waals surface area contributed by atoms with Crippen LogP contribution in [0.15, 0.2) is 35.1 Å². The number of anilines is 2. The molecule has 6 rings (SSSR count). The first-order chi connectivity index (χ1) is 23.8. The SMILES string of the molecule is CC(=O)N1CC(Nc2cc(C(=O)NC[C@@H](O)[C@@H]3Cc4ccc(OCc5ocnc5C)cc4CN3C(=O)OC(C)(C)C)nc(N3CCCC3)n2)C1. The van der Waals surface area contributed by atoms with Crippen molar-refractivity contribution in [2.75, 3.05) is 42.9 Å². The predicted molar refractivity (Wildman–Crippen MR) is 183 cm³/mol. The monoisotopic (exact) mass is 690 g/mol. The highest BCUT2D eigenvalue weighted by Gasteiger charge is 2.37. The molecule has 3 aromatic rings. The maximum absolute atomic E-state index is 13.5. The average molecular weight is 691 g/mol. The Kier molecular flexibility index (Phi) is 10.1. The van der Waals surface area contributed by atoms with Crippen molar-refractivity contribution in [1.29, 1.82) is 0 Å². The van der Waals surface area contributed by atoms with Crippen molar-refractivity contribution in [3.63, 3.8) is 0 Å². The van der Waals surface area contributed by atoms with Crippen LogP contribution in [0.3, 0.4) is 0 Å². The van der Waals surface area contributed by atoms with Gasteiger partial charge in [0, 0.05) is 52.3 Å². The van der Waals surface area contributed by atoms with Crippen LogP contribution in [0.25, 0.3) is 0 Å². The van der Waals surface area contributed by atoms with Gasteiger partial charge in [-0.15, -0.1) is 0 Å². The zero-order chi connectivity index (χ0) is 35.6. The number of nitrogens with zero attached hydrogens (tertiary/aromatic N) is 6. The Morgan fingerprint density at radius 1 is 1.10 bits per heavy atom. The first-order valence-electron chi connectivity index (χ1n) is 17.1. The summed E-state index contributed by atoms with van der Waals surface area (Å²) in [4.78, 5) is 57.3. The Hall–Kier alpha value is -4.92. The minimum Gasteiger partial charge on any atom is -0.486 e. The van der Waals surface area contributed by atoms with Gasteiger partial charge in [-0.05, 0) is 70.2 Å². The Bertz CT molecular complexity index is 1710. The van der Waals surface area contributed by atoms with Crippen molar-refractivity contribution >= 4 is 29.7 Å². The molecule has 0 saturated carbocycles. The number of aromatic nitrogens is 3. The van der Waals surface area contributed by atoms with E-state index in [0.717, 1.165) is 42.8 Å². The number of carbonyl (C=O) groups is 3. The molecule has 0 bridgehead atoms. The van der Waals surface area contributed by atoms with Crippen LogP contribution in [0.5, 0.6) is 5.75 Å². The zero-order valence-corrected chi connectivity index (χ0v) is 29.3. The topological polar surface area (TPSA) is 175 Å². The quantitative estimate of drug-likeness (QED) is 0.284. The van der Waals surface area contributed by atoms with E-state index in [9.17, 15) is 19.5 Å². The molecule has 1 aromatic carbocycles. The summed E-state index contributed by atoms with van der Waals surface area (Å²) in [6, 6.07) is 6.58. The third kappa shape index (κ3) is 8.26. The fourth-order valence-electron chi connectivity index (χ4n) is 6.30. The van der Waals surface area contributed by atoms with Gasteiger partial charge < -0.3 is 39.4 Å². The summed E-state index contributed by atoms with van der Waals surface area (Å²) in [5, 5.41) is 17.7. The second kappa shape index (κ2) is 14.5. The molecule has 0 unspecified atom stereocenters. The number of fused-ring (bicyclic) bond motifs is 1. The summed E-state index contributed by atoms with van der Waals surface area (Å²) in [5.41, 5.74) is 1.97. The lowest BCUT2D eigenvalue weighted by Gasteiger charge is -2.40. The minimum absolute atomic E-state index is 0.0155. The van der Waals surface area contributed by atoms with Gasteiger partial charge in [0.2, 0.25) is 11.9 Å². The summed E-state index contributed by atoms with van der Waals surface area (Å²) < 4.78 is 17.1. The van der Waals surface area contributed by atoms with E-state index in [0.29, 0.717) is 42.8 Å². The number of hydrogen-bond acceptors (Lipinski definition) is 12. The highest BCUT2D eigenvalue weighted by Crippen LogP contribution is 2.30. The summed E-state index contributed by atoms with van der Waals surface area (Å²) >= 11 is 0. The second-order valence-electron chi connectivity index (χ2n) is 14.1. The number of carbonyl (C=O) groups excluding carboxylic acids is 3. The number of aryl methyl sites for hydroxylation is 1. The third-order valence-corrected chi connectivity index (χ3v) is 9.12. The third-order valence-electron chi connectivity index (χ3n) is 9.12. The molecule has 268 valence electrons. The van der Waals surface area contributed by atoms with Crippen molar-refractivity contribution in [2.45, 2.75) is 90.8 Å². The molecule has 15 heteroatoms. The predicted octanol–water partition coefficient (Wildman–Crippen LogP) is 3.05. The number of hydrogen-bond donors (Lipinski definition) is 3. The molecule has 2 aromatic heterocycles. The van der Waals surface area contributed by atoms with E-state index in [1.165, 1.54) is 18.2 Å². The van der Waals surface area contributed by atoms with Gasteiger partial charge in [-0.2, -0.15) is 4.98 Å². The number of nitrogens with one attached hydrogen (secondary N) is 2. The number of aliphatic hydroxyl groups is 1. The van der Waals surface area contributed by atoms with Crippen LogP contribution >= 0.6 is 0 Å². The lowest BCUT2D eigenvalue weighted by molar-refractivity contribution is -0.132.